The van der Waals surface area contributed by atoms with Crippen LogP contribution in [0.15, 0.2) is 24.3 Å². The van der Waals surface area contributed by atoms with E-state index in [2.05, 4.69) is 17.1 Å². The Balaban J connectivity index is 1.52. The Morgan fingerprint density at radius 1 is 1.24 bits per heavy atom. The first kappa shape index (κ1) is 20.4. The summed E-state index contributed by atoms with van der Waals surface area (Å²) in [6.07, 6.45) is 5.88. The van der Waals surface area contributed by atoms with Gasteiger partial charge in [0.1, 0.15) is 5.82 Å². The highest BCUT2D eigenvalue weighted by molar-refractivity contribution is 6.35. The Morgan fingerprint density at radius 2 is 2.10 bits per heavy atom. The number of nitrogens with one attached hydrogen (secondary N) is 1. The van der Waals surface area contributed by atoms with Crippen LogP contribution in [0, 0.1) is 17.8 Å². The number of carbonyl (C=O) groups excluding carboxylic acids is 1. The van der Waals surface area contributed by atoms with Crippen LogP contribution in [0.5, 0.6) is 0 Å². The predicted octanol–water partition coefficient (Wildman–Crippen LogP) is 4.26. The summed E-state index contributed by atoms with van der Waals surface area (Å²) in [5.74, 6) is 2.37. The van der Waals surface area contributed by atoms with E-state index in [1.54, 1.807) is 6.07 Å². The average molecular weight is 416 g/mol. The molecule has 5 nitrogen and oxygen atoms in total. The van der Waals surface area contributed by atoms with E-state index >= 15 is 0 Å². The second-order valence-electron chi connectivity index (χ2n) is 8.79. The molecule has 1 aromatic carbocycles. The summed E-state index contributed by atoms with van der Waals surface area (Å²) in [6, 6.07) is 7.55. The molecule has 2 aliphatic rings. The van der Waals surface area contributed by atoms with Crippen molar-refractivity contribution in [3.63, 3.8) is 0 Å². The normalized spacial score (nSPS) is 24.8. The van der Waals surface area contributed by atoms with Crippen molar-refractivity contribution in [1.29, 1.82) is 0 Å². The molecule has 1 amide bonds. The molecule has 1 saturated heterocycles. The summed E-state index contributed by atoms with van der Waals surface area (Å²) in [5.41, 5.74) is 1.29. The summed E-state index contributed by atoms with van der Waals surface area (Å²) in [7, 11) is 0. The number of nitrogens with zero attached hydrogens (tertiary/aromatic N) is 2. The van der Waals surface area contributed by atoms with Crippen LogP contribution in [0.2, 0.25) is 5.02 Å². The largest absolute Gasteiger partial charge is 0.396 e. The molecule has 0 bridgehead atoms. The molecule has 1 aromatic heterocycles. The second kappa shape index (κ2) is 8.88. The van der Waals surface area contributed by atoms with E-state index in [0.717, 1.165) is 42.1 Å². The fourth-order valence-corrected chi connectivity index (χ4v) is 5.08. The standard InChI is InChI=1S/C23H30ClN3O2/c1-15-3-2-4-16(11-15)12-25-23(29)22-18-5-8-21(26-20(18)7-6-19(22)24)27-10-9-17(13-27)14-28/h5-8,15-17,28H,2-4,9-14H2,1H3,(H,25,29). The molecule has 0 radical (unpaired) electrons. The number of pyridine rings is 1. The minimum atomic E-state index is -0.116. The molecule has 29 heavy (non-hydrogen) atoms. The summed E-state index contributed by atoms with van der Waals surface area (Å²) in [6.45, 7) is 4.92. The van der Waals surface area contributed by atoms with Crippen molar-refractivity contribution in [1.82, 2.24) is 10.3 Å². The first-order valence-corrected chi connectivity index (χ1v) is 11.2. The lowest BCUT2D eigenvalue weighted by atomic mass is 9.82. The molecule has 6 heteroatoms. The third-order valence-corrected chi connectivity index (χ3v) is 6.81. The zero-order chi connectivity index (χ0) is 20.4. The van der Waals surface area contributed by atoms with Crippen molar-refractivity contribution in [2.45, 2.75) is 39.0 Å². The maximum Gasteiger partial charge on any atom is 0.253 e. The molecular weight excluding hydrogens is 386 g/mol. The number of hydrogen-bond donors (Lipinski definition) is 2. The Labute approximate surface area is 177 Å². The average Bonchev–Trinajstić information content (AvgIpc) is 3.21. The van der Waals surface area contributed by atoms with Gasteiger partial charge in [0.05, 0.1) is 16.1 Å². The van der Waals surface area contributed by atoms with E-state index in [0.29, 0.717) is 29.0 Å². The van der Waals surface area contributed by atoms with Gasteiger partial charge in [-0.3, -0.25) is 4.79 Å². The van der Waals surface area contributed by atoms with Crippen LogP contribution in [0.25, 0.3) is 10.9 Å². The number of aliphatic hydroxyl groups excluding tert-OH is 1. The van der Waals surface area contributed by atoms with Gasteiger partial charge in [0.2, 0.25) is 0 Å². The highest BCUT2D eigenvalue weighted by Crippen LogP contribution is 2.30. The molecular formula is C23H30ClN3O2. The van der Waals surface area contributed by atoms with Gasteiger partial charge in [-0.2, -0.15) is 0 Å². The molecule has 1 aliphatic heterocycles. The van der Waals surface area contributed by atoms with Gasteiger partial charge < -0.3 is 15.3 Å². The van der Waals surface area contributed by atoms with Crippen LogP contribution in [0.1, 0.15) is 49.4 Å². The lowest BCUT2D eigenvalue weighted by Crippen LogP contribution is -2.31. The van der Waals surface area contributed by atoms with Crippen molar-refractivity contribution in [3.05, 3.63) is 34.9 Å². The Kier molecular flexibility index (Phi) is 6.26. The number of amides is 1. The van der Waals surface area contributed by atoms with Crippen molar-refractivity contribution < 1.29 is 9.90 Å². The number of aromatic nitrogens is 1. The molecule has 156 valence electrons. The number of hydrogen-bond acceptors (Lipinski definition) is 4. The zero-order valence-corrected chi connectivity index (χ0v) is 17.8. The maximum atomic E-state index is 13.0. The van der Waals surface area contributed by atoms with E-state index in [-0.39, 0.29) is 12.5 Å². The van der Waals surface area contributed by atoms with Gasteiger partial charge in [-0.1, -0.05) is 31.4 Å². The van der Waals surface area contributed by atoms with Crippen LogP contribution in [0.4, 0.5) is 5.82 Å². The van der Waals surface area contributed by atoms with E-state index in [1.165, 1.54) is 25.7 Å². The fourth-order valence-electron chi connectivity index (χ4n) is 4.83. The van der Waals surface area contributed by atoms with Gasteiger partial charge in [-0.25, -0.2) is 4.98 Å². The molecule has 2 N–H and O–H groups in total. The highest BCUT2D eigenvalue weighted by atomic mass is 35.5. The van der Waals surface area contributed by atoms with Crippen molar-refractivity contribution >= 4 is 34.2 Å². The Bertz CT molecular complexity index is 888. The number of fused-ring (bicyclic) bond motifs is 1. The molecule has 2 fully saturated rings. The number of carbonyl (C=O) groups is 1. The molecule has 2 heterocycles. The monoisotopic (exact) mass is 415 g/mol. The summed E-state index contributed by atoms with van der Waals surface area (Å²) in [5, 5.41) is 13.7. The molecule has 1 aliphatic carbocycles. The van der Waals surface area contributed by atoms with Crippen molar-refractivity contribution in [3.8, 4) is 0 Å². The van der Waals surface area contributed by atoms with Crippen molar-refractivity contribution in [2.75, 3.05) is 31.1 Å². The van der Waals surface area contributed by atoms with Gasteiger partial charge in [0.25, 0.3) is 5.91 Å². The highest BCUT2D eigenvalue weighted by Gasteiger charge is 2.24. The third-order valence-electron chi connectivity index (χ3n) is 6.50. The zero-order valence-electron chi connectivity index (χ0n) is 17.0. The van der Waals surface area contributed by atoms with Crippen LogP contribution in [-0.2, 0) is 0 Å². The minimum Gasteiger partial charge on any atom is -0.396 e. The topological polar surface area (TPSA) is 65.5 Å². The molecule has 2 aromatic rings. The first-order chi connectivity index (χ1) is 14.0. The Morgan fingerprint density at radius 3 is 2.86 bits per heavy atom. The van der Waals surface area contributed by atoms with Crippen LogP contribution < -0.4 is 10.2 Å². The smallest absolute Gasteiger partial charge is 0.253 e. The minimum absolute atomic E-state index is 0.116. The van der Waals surface area contributed by atoms with Crippen LogP contribution in [-0.4, -0.2) is 42.2 Å². The third kappa shape index (κ3) is 4.51. The second-order valence-corrected chi connectivity index (χ2v) is 9.20. The lowest BCUT2D eigenvalue weighted by molar-refractivity contribution is 0.0942. The van der Waals surface area contributed by atoms with Gasteiger partial charge in [-0.15, -0.1) is 0 Å². The molecule has 1 saturated carbocycles. The first-order valence-electron chi connectivity index (χ1n) is 10.8. The van der Waals surface area contributed by atoms with E-state index in [4.69, 9.17) is 16.6 Å². The van der Waals surface area contributed by atoms with Crippen LogP contribution in [0.3, 0.4) is 0 Å². The number of anilines is 1. The van der Waals surface area contributed by atoms with E-state index in [1.807, 2.05) is 18.2 Å². The molecule has 3 atom stereocenters. The summed E-state index contributed by atoms with van der Waals surface area (Å²) in [4.78, 5) is 19.9. The molecule has 4 rings (SSSR count). The fraction of sp³-hybridized carbons (Fsp3) is 0.565. The summed E-state index contributed by atoms with van der Waals surface area (Å²) >= 11 is 6.42. The summed E-state index contributed by atoms with van der Waals surface area (Å²) < 4.78 is 0. The Hall–Kier alpha value is -1.85. The van der Waals surface area contributed by atoms with Gasteiger partial charge in [0, 0.05) is 37.5 Å². The molecule has 0 spiro atoms. The molecule has 3 unspecified atom stereocenters. The van der Waals surface area contributed by atoms with Gasteiger partial charge in [0.15, 0.2) is 0 Å². The van der Waals surface area contributed by atoms with Gasteiger partial charge >= 0.3 is 0 Å². The maximum absolute atomic E-state index is 13.0. The van der Waals surface area contributed by atoms with Crippen LogP contribution >= 0.6 is 11.6 Å². The number of halogens is 1. The quantitative estimate of drug-likeness (QED) is 0.765. The van der Waals surface area contributed by atoms with Gasteiger partial charge in [-0.05, 0) is 55.4 Å². The lowest BCUT2D eigenvalue weighted by Gasteiger charge is -2.26. The van der Waals surface area contributed by atoms with E-state index < -0.39 is 0 Å². The van der Waals surface area contributed by atoms with Crippen molar-refractivity contribution in [2.24, 2.45) is 17.8 Å². The number of rotatable bonds is 5. The number of aliphatic hydroxyl groups is 1. The number of benzene rings is 1. The van der Waals surface area contributed by atoms with E-state index in [9.17, 15) is 9.90 Å². The SMILES string of the molecule is CC1CCCC(CNC(=O)c2c(Cl)ccc3nc(N4CCC(CO)C4)ccc23)C1. The predicted molar refractivity (Wildman–Crippen MR) is 118 cm³/mol.